The summed E-state index contributed by atoms with van der Waals surface area (Å²) in [5.74, 6) is 0.812. The van der Waals surface area contributed by atoms with E-state index in [0.717, 1.165) is 0 Å². The largest absolute Gasteiger partial charge is 0.380 e. The highest BCUT2D eigenvalue weighted by molar-refractivity contribution is 6.32. The molecule has 1 unspecified atom stereocenters. The van der Waals surface area contributed by atoms with Crippen molar-refractivity contribution in [2.45, 2.75) is 12.5 Å². The van der Waals surface area contributed by atoms with Crippen LogP contribution in [0, 0.1) is 0 Å². The molecule has 2 aromatic heterocycles. The maximum absolute atomic E-state index is 6.00. The highest BCUT2D eigenvalue weighted by Gasteiger charge is 2.15. The van der Waals surface area contributed by atoms with E-state index in [9.17, 15) is 0 Å². The van der Waals surface area contributed by atoms with E-state index in [2.05, 4.69) is 15.1 Å². The van der Waals surface area contributed by atoms with E-state index >= 15 is 0 Å². The fraction of sp³-hybridized carbons (Fsp3) is 0.364. The zero-order valence-corrected chi connectivity index (χ0v) is 10.6. The number of pyridine rings is 1. The molecular weight excluding hydrogens is 256 g/mol. The second kappa shape index (κ2) is 5.90. The van der Waals surface area contributed by atoms with Gasteiger partial charge in [-0.3, -0.25) is 4.98 Å². The SMILES string of the molecule is COC(CN)Cc1nc(-c2ncccc2Cl)no1. The average Bonchev–Trinajstić information content (AvgIpc) is 2.85. The monoisotopic (exact) mass is 268 g/mol. The lowest BCUT2D eigenvalue weighted by atomic mass is 10.2. The minimum atomic E-state index is -0.141. The zero-order chi connectivity index (χ0) is 13.0. The van der Waals surface area contributed by atoms with E-state index in [1.54, 1.807) is 25.4 Å². The van der Waals surface area contributed by atoms with Crippen LogP contribution in [0.25, 0.3) is 11.5 Å². The normalized spacial score (nSPS) is 12.6. The molecule has 2 N–H and O–H groups in total. The molecule has 7 heteroatoms. The van der Waals surface area contributed by atoms with Crippen molar-refractivity contribution in [3.05, 3.63) is 29.2 Å². The molecule has 2 heterocycles. The summed E-state index contributed by atoms with van der Waals surface area (Å²) in [7, 11) is 1.59. The molecule has 96 valence electrons. The molecule has 0 aliphatic carbocycles. The minimum absolute atomic E-state index is 0.141. The van der Waals surface area contributed by atoms with Crippen LogP contribution in [0.3, 0.4) is 0 Å². The maximum atomic E-state index is 6.00. The van der Waals surface area contributed by atoms with Crippen molar-refractivity contribution >= 4 is 11.6 Å². The van der Waals surface area contributed by atoms with Gasteiger partial charge in [0.05, 0.1) is 17.5 Å². The lowest BCUT2D eigenvalue weighted by Crippen LogP contribution is -2.24. The lowest BCUT2D eigenvalue weighted by Gasteiger charge is -2.08. The molecule has 0 radical (unpaired) electrons. The number of hydrogen-bond donors (Lipinski definition) is 1. The average molecular weight is 269 g/mol. The van der Waals surface area contributed by atoms with Crippen LogP contribution in [0.4, 0.5) is 0 Å². The molecule has 0 bridgehead atoms. The van der Waals surface area contributed by atoms with Gasteiger partial charge < -0.3 is 15.0 Å². The van der Waals surface area contributed by atoms with Crippen LogP contribution in [-0.4, -0.2) is 34.9 Å². The molecule has 2 aromatic rings. The summed E-state index contributed by atoms with van der Waals surface area (Å²) in [6, 6.07) is 3.46. The van der Waals surface area contributed by atoms with Crippen LogP contribution in [0.2, 0.25) is 5.02 Å². The van der Waals surface area contributed by atoms with Gasteiger partial charge in [-0.05, 0) is 12.1 Å². The second-order valence-corrected chi connectivity index (χ2v) is 4.05. The van der Waals surface area contributed by atoms with Gasteiger partial charge in [0.1, 0.15) is 5.69 Å². The van der Waals surface area contributed by atoms with E-state index in [0.29, 0.717) is 35.4 Å². The Morgan fingerprint density at radius 3 is 3.06 bits per heavy atom. The third-order valence-electron chi connectivity index (χ3n) is 2.44. The smallest absolute Gasteiger partial charge is 0.229 e. The summed E-state index contributed by atoms with van der Waals surface area (Å²) < 4.78 is 10.3. The lowest BCUT2D eigenvalue weighted by molar-refractivity contribution is 0.102. The van der Waals surface area contributed by atoms with Crippen LogP contribution in [0.15, 0.2) is 22.9 Å². The number of rotatable bonds is 5. The zero-order valence-electron chi connectivity index (χ0n) is 9.84. The van der Waals surface area contributed by atoms with Gasteiger partial charge in [-0.1, -0.05) is 16.8 Å². The highest BCUT2D eigenvalue weighted by Crippen LogP contribution is 2.22. The summed E-state index contributed by atoms with van der Waals surface area (Å²) >= 11 is 6.00. The number of nitrogens with two attached hydrogens (primary N) is 1. The molecule has 6 nitrogen and oxygen atoms in total. The molecule has 1 atom stereocenters. The Labute approximate surface area is 109 Å². The Morgan fingerprint density at radius 1 is 1.56 bits per heavy atom. The molecule has 0 spiro atoms. The van der Waals surface area contributed by atoms with Gasteiger partial charge in [-0.2, -0.15) is 4.98 Å². The van der Waals surface area contributed by atoms with Crippen molar-refractivity contribution < 1.29 is 9.26 Å². The number of ether oxygens (including phenoxy) is 1. The third kappa shape index (κ3) is 2.84. The molecule has 0 saturated carbocycles. The van der Waals surface area contributed by atoms with E-state index in [-0.39, 0.29) is 6.10 Å². The minimum Gasteiger partial charge on any atom is -0.380 e. The van der Waals surface area contributed by atoms with Crippen LogP contribution >= 0.6 is 11.6 Å². The van der Waals surface area contributed by atoms with E-state index in [1.165, 1.54) is 0 Å². The van der Waals surface area contributed by atoms with Gasteiger partial charge in [0.15, 0.2) is 0 Å². The Morgan fingerprint density at radius 2 is 2.39 bits per heavy atom. The first-order chi connectivity index (χ1) is 8.74. The molecule has 2 rings (SSSR count). The van der Waals surface area contributed by atoms with Gasteiger partial charge in [0, 0.05) is 19.9 Å². The molecule has 0 saturated heterocycles. The Kier molecular flexibility index (Phi) is 4.24. The molecule has 0 aromatic carbocycles. The second-order valence-electron chi connectivity index (χ2n) is 3.64. The molecule has 0 aliphatic rings. The van der Waals surface area contributed by atoms with Crippen molar-refractivity contribution in [1.29, 1.82) is 0 Å². The van der Waals surface area contributed by atoms with Crippen molar-refractivity contribution in [2.24, 2.45) is 5.73 Å². The summed E-state index contributed by atoms with van der Waals surface area (Å²) in [5.41, 5.74) is 6.02. The predicted octanol–water partition coefficient (Wildman–Crippen LogP) is 1.30. The Bertz CT molecular complexity index is 513. The van der Waals surface area contributed by atoms with Crippen LogP contribution in [-0.2, 0) is 11.2 Å². The van der Waals surface area contributed by atoms with Gasteiger partial charge in [-0.15, -0.1) is 0 Å². The van der Waals surface area contributed by atoms with E-state index in [1.807, 2.05) is 0 Å². The molecule has 0 aliphatic heterocycles. The quantitative estimate of drug-likeness (QED) is 0.879. The fourth-order valence-electron chi connectivity index (χ4n) is 1.44. The van der Waals surface area contributed by atoms with E-state index < -0.39 is 0 Å². The van der Waals surface area contributed by atoms with E-state index in [4.69, 9.17) is 26.6 Å². The highest BCUT2D eigenvalue weighted by atomic mass is 35.5. The molecule has 0 amide bonds. The number of aromatic nitrogens is 3. The standard InChI is InChI=1S/C11H13ClN4O2/c1-17-7(6-13)5-9-15-11(16-18-9)10-8(12)3-2-4-14-10/h2-4,7H,5-6,13H2,1H3. The summed E-state index contributed by atoms with van der Waals surface area (Å²) in [6.45, 7) is 0.387. The molecule has 18 heavy (non-hydrogen) atoms. The van der Waals surface area contributed by atoms with Crippen LogP contribution < -0.4 is 5.73 Å². The van der Waals surface area contributed by atoms with Crippen molar-refractivity contribution in [2.75, 3.05) is 13.7 Å². The number of hydrogen-bond acceptors (Lipinski definition) is 6. The van der Waals surface area contributed by atoms with Crippen LogP contribution in [0.1, 0.15) is 5.89 Å². The first-order valence-electron chi connectivity index (χ1n) is 5.41. The van der Waals surface area contributed by atoms with Crippen molar-refractivity contribution in [3.63, 3.8) is 0 Å². The topological polar surface area (TPSA) is 87.1 Å². The number of methoxy groups -OCH3 is 1. The summed E-state index contributed by atoms with van der Waals surface area (Å²) in [4.78, 5) is 8.33. The predicted molar refractivity (Wildman–Crippen MR) is 66.1 cm³/mol. The van der Waals surface area contributed by atoms with Crippen LogP contribution in [0.5, 0.6) is 0 Å². The Hall–Kier alpha value is -1.50. The number of nitrogens with zero attached hydrogens (tertiary/aromatic N) is 3. The first kappa shape index (κ1) is 12.9. The van der Waals surface area contributed by atoms with Gasteiger partial charge in [0.25, 0.3) is 0 Å². The molecule has 0 fully saturated rings. The summed E-state index contributed by atoms with van der Waals surface area (Å²) in [6.07, 6.45) is 1.94. The molecular formula is C11H13ClN4O2. The van der Waals surface area contributed by atoms with Crippen molar-refractivity contribution in [1.82, 2.24) is 15.1 Å². The maximum Gasteiger partial charge on any atom is 0.229 e. The van der Waals surface area contributed by atoms with Gasteiger partial charge in [0.2, 0.25) is 11.7 Å². The fourth-order valence-corrected chi connectivity index (χ4v) is 1.65. The third-order valence-corrected chi connectivity index (χ3v) is 2.74. The first-order valence-corrected chi connectivity index (χ1v) is 5.78. The van der Waals surface area contributed by atoms with Gasteiger partial charge in [-0.25, -0.2) is 0 Å². The number of halogens is 1. The van der Waals surface area contributed by atoms with Crippen molar-refractivity contribution in [3.8, 4) is 11.5 Å². The van der Waals surface area contributed by atoms with Gasteiger partial charge >= 0.3 is 0 Å². The Balaban J connectivity index is 2.18. The summed E-state index contributed by atoms with van der Waals surface area (Å²) in [5, 5.41) is 4.32.